The van der Waals surface area contributed by atoms with Gasteiger partial charge in [-0.3, -0.25) is 4.79 Å². The fourth-order valence-electron chi connectivity index (χ4n) is 3.90. The summed E-state index contributed by atoms with van der Waals surface area (Å²) < 4.78 is 0. The van der Waals surface area contributed by atoms with Gasteiger partial charge in [0.1, 0.15) is 5.75 Å². The Labute approximate surface area is 127 Å². The summed E-state index contributed by atoms with van der Waals surface area (Å²) >= 11 is 0. The molecule has 1 atom stereocenters. The molecule has 1 aliphatic heterocycles. The Kier molecular flexibility index (Phi) is 3.68. The molecule has 1 aromatic rings. The van der Waals surface area contributed by atoms with Gasteiger partial charge in [0.05, 0.1) is 0 Å². The molecule has 1 unspecified atom stereocenters. The smallest absolute Gasteiger partial charge is 0.226 e. The first-order chi connectivity index (χ1) is 9.97. The van der Waals surface area contributed by atoms with E-state index in [9.17, 15) is 9.90 Å². The number of hydrogen-bond donors (Lipinski definition) is 1. The molecule has 0 bridgehead atoms. The lowest BCUT2D eigenvalue weighted by Crippen LogP contribution is -2.45. The molecule has 1 aromatic carbocycles. The second kappa shape index (κ2) is 5.36. The van der Waals surface area contributed by atoms with Crippen molar-refractivity contribution in [3.05, 3.63) is 29.3 Å². The molecule has 0 saturated heterocycles. The van der Waals surface area contributed by atoms with Gasteiger partial charge in [-0.2, -0.15) is 0 Å². The Morgan fingerprint density at radius 3 is 2.86 bits per heavy atom. The summed E-state index contributed by atoms with van der Waals surface area (Å²) in [7, 11) is 0. The number of phenols is 1. The molecule has 0 spiro atoms. The van der Waals surface area contributed by atoms with Crippen LogP contribution in [0.15, 0.2) is 18.2 Å². The first-order valence-corrected chi connectivity index (χ1v) is 8.07. The van der Waals surface area contributed by atoms with E-state index in [1.165, 1.54) is 18.4 Å². The van der Waals surface area contributed by atoms with Crippen molar-refractivity contribution in [2.45, 2.75) is 52.5 Å². The maximum absolute atomic E-state index is 12.9. The van der Waals surface area contributed by atoms with Gasteiger partial charge in [-0.05, 0) is 47.9 Å². The molecule has 21 heavy (non-hydrogen) atoms. The Bertz CT molecular complexity index is 550. The Hall–Kier alpha value is -1.51. The topological polar surface area (TPSA) is 40.5 Å². The molecule has 2 aliphatic rings. The number of carbonyl (C=O) groups is 1. The third-order valence-electron chi connectivity index (χ3n) is 5.32. The third-order valence-corrected chi connectivity index (χ3v) is 5.32. The van der Waals surface area contributed by atoms with Crippen molar-refractivity contribution < 1.29 is 9.90 Å². The Morgan fingerprint density at radius 1 is 1.29 bits per heavy atom. The fraction of sp³-hybridized carbons (Fsp3) is 0.611. The van der Waals surface area contributed by atoms with Crippen LogP contribution >= 0.6 is 0 Å². The van der Waals surface area contributed by atoms with Crippen LogP contribution < -0.4 is 0 Å². The van der Waals surface area contributed by atoms with Gasteiger partial charge in [-0.15, -0.1) is 0 Å². The van der Waals surface area contributed by atoms with E-state index in [-0.39, 0.29) is 11.3 Å². The standard InChI is InChI=1S/C18H25NO2/c1-18(2)9-4-3-5-16(18)17(21)19-10-8-13-6-7-15(20)11-14(13)12-19/h6-7,11,16,20H,3-5,8-10,12H2,1-2H3. The van der Waals surface area contributed by atoms with E-state index >= 15 is 0 Å². The van der Waals surface area contributed by atoms with E-state index in [0.29, 0.717) is 18.2 Å². The minimum Gasteiger partial charge on any atom is -0.508 e. The Morgan fingerprint density at radius 2 is 2.10 bits per heavy atom. The highest BCUT2D eigenvalue weighted by Crippen LogP contribution is 2.42. The largest absolute Gasteiger partial charge is 0.508 e. The summed E-state index contributed by atoms with van der Waals surface area (Å²) in [6.45, 7) is 5.93. The van der Waals surface area contributed by atoms with E-state index in [4.69, 9.17) is 0 Å². The molecule has 1 fully saturated rings. The van der Waals surface area contributed by atoms with Crippen molar-refractivity contribution in [1.82, 2.24) is 4.90 Å². The zero-order chi connectivity index (χ0) is 15.0. The van der Waals surface area contributed by atoms with Crippen LogP contribution in [-0.2, 0) is 17.8 Å². The average Bonchev–Trinajstić information content (AvgIpc) is 2.45. The van der Waals surface area contributed by atoms with Crippen molar-refractivity contribution in [3.63, 3.8) is 0 Å². The normalized spacial score (nSPS) is 24.5. The van der Waals surface area contributed by atoms with Crippen molar-refractivity contribution in [1.29, 1.82) is 0 Å². The van der Waals surface area contributed by atoms with Crippen LogP contribution in [0, 0.1) is 11.3 Å². The molecular formula is C18H25NO2. The molecule has 1 N–H and O–H groups in total. The number of amides is 1. The predicted molar refractivity (Wildman–Crippen MR) is 83.0 cm³/mol. The predicted octanol–water partition coefficient (Wildman–Crippen LogP) is 3.49. The summed E-state index contributed by atoms with van der Waals surface area (Å²) in [5.41, 5.74) is 2.48. The highest BCUT2D eigenvalue weighted by Gasteiger charge is 2.39. The van der Waals surface area contributed by atoms with Gasteiger partial charge in [-0.25, -0.2) is 0 Å². The van der Waals surface area contributed by atoms with Crippen LogP contribution in [-0.4, -0.2) is 22.5 Å². The molecule has 1 amide bonds. The van der Waals surface area contributed by atoms with Crippen molar-refractivity contribution in [2.24, 2.45) is 11.3 Å². The maximum atomic E-state index is 12.9. The van der Waals surface area contributed by atoms with Crippen LogP contribution in [0.25, 0.3) is 0 Å². The lowest BCUT2D eigenvalue weighted by atomic mass is 9.68. The van der Waals surface area contributed by atoms with E-state index in [2.05, 4.69) is 13.8 Å². The van der Waals surface area contributed by atoms with Crippen molar-refractivity contribution >= 4 is 5.91 Å². The van der Waals surface area contributed by atoms with Crippen molar-refractivity contribution in [2.75, 3.05) is 6.54 Å². The molecule has 0 radical (unpaired) electrons. The number of fused-ring (bicyclic) bond motifs is 1. The van der Waals surface area contributed by atoms with Crippen LogP contribution in [0.1, 0.15) is 50.7 Å². The van der Waals surface area contributed by atoms with E-state index in [0.717, 1.165) is 31.4 Å². The van der Waals surface area contributed by atoms with Gasteiger partial charge in [0.15, 0.2) is 0 Å². The van der Waals surface area contributed by atoms with E-state index in [1.807, 2.05) is 11.0 Å². The summed E-state index contributed by atoms with van der Waals surface area (Å²) in [4.78, 5) is 14.9. The summed E-state index contributed by atoms with van der Waals surface area (Å²) in [6, 6.07) is 5.53. The highest BCUT2D eigenvalue weighted by atomic mass is 16.3. The molecule has 3 rings (SSSR count). The zero-order valence-electron chi connectivity index (χ0n) is 13.1. The Balaban J connectivity index is 1.77. The SMILES string of the molecule is CC1(C)CCCCC1C(=O)N1CCc2ccc(O)cc2C1. The first-order valence-electron chi connectivity index (χ1n) is 8.07. The lowest BCUT2D eigenvalue weighted by Gasteiger charge is -2.41. The van der Waals surface area contributed by atoms with Crippen LogP contribution in [0.3, 0.4) is 0 Å². The number of aromatic hydroxyl groups is 1. The molecule has 3 nitrogen and oxygen atoms in total. The minimum atomic E-state index is 0.119. The fourth-order valence-corrected chi connectivity index (χ4v) is 3.90. The average molecular weight is 287 g/mol. The van der Waals surface area contributed by atoms with Crippen molar-refractivity contribution in [3.8, 4) is 5.75 Å². The second-order valence-corrected chi connectivity index (χ2v) is 7.25. The van der Waals surface area contributed by atoms with Gasteiger partial charge in [-0.1, -0.05) is 32.8 Å². The highest BCUT2D eigenvalue weighted by molar-refractivity contribution is 5.80. The van der Waals surface area contributed by atoms with Crippen LogP contribution in [0.5, 0.6) is 5.75 Å². The van der Waals surface area contributed by atoms with Gasteiger partial charge in [0.25, 0.3) is 0 Å². The number of nitrogens with zero attached hydrogens (tertiary/aromatic N) is 1. The first kappa shape index (κ1) is 14.4. The molecule has 3 heteroatoms. The molecule has 1 aliphatic carbocycles. The summed E-state index contributed by atoms with van der Waals surface area (Å²) in [5, 5.41) is 9.64. The summed E-state index contributed by atoms with van der Waals surface area (Å²) in [5.74, 6) is 0.764. The molecule has 0 aromatic heterocycles. The van der Waals surface area contributed by atoms with E-state index in [1.54, 1.807) is 12.1 Å². The molecule has 114 valence electrons. The zero-order valence-corrected chi connectivity index (χ0v) is 13.1. The minimum absolute atomic E-state index is 0.119. The third kappa shape index (κ3) is 2.78. The maximum Gasteiger partial charge on any atom is 0.226 e. The quantitative estimate of drug-likeness (QED) is 0.859. The van der Waals surface area contributed by atoms with Crippen LogP contribution in [0.4, 0.5) is 0 Å². The number of benzene rings is 1. The summed E-state index contributed by atoms with van der Waals surface area (Å²) in [6.07, 6.45) is 5.48. The van der Waals surface area contributed by atoms with Crippen LogP contribution in [0.2, 0.25) is 0 Å². The molecule has 1 heterocycles. The number of rotatable bonds is 1. The number of hydrogen-bond acceptors (Lipinski definition) is 2. The van der Waals surface area contributed by atoms with E-state index < -0.39 is 0 Å². The number of carbonyl (C=O) groups excluding carboxylic acids is 1. The van der Waals surface area contributed by atoms with Gasteiger partial charge in [0.2, 0.25) is 5.91 Å². The van der Waals surface area contributed by atoms with Gasteiger partial charge in [0, 0.05) is 19.0 Å². The molecular weight excluding hydrogens is 262 g/mol. The second-order valence-electron chi connectivity index (χ2n) is 7.25. The van der Waals surface area contributed by atoms with Gasteiger partial charge < -0.3 is 10.0 Å². The van der Waals surface area contributed by atoms with Gasteiger partial charge >= 0.3 is 0 Å². The number of phenolic OH excluding ortho intramolecular Hbond substituents is 1. The lowest BCUT2D eigenvalue weighted by molar-refractivity contribution is -0.142. The monoisotopic (exact) mass is 287 g/mol. The molecule has 1 saturated carbocycles.